The predicted octanol–water partition coefficient (Wildman–Crippen LogP) is -0.101. The smallest absolute Gasteiger partial charge is 0.282 e. The first-order chi connectivity index (χ1) is 8.55. The molecule has 2 heterocycles. The normalized spacial score (nSPS) is 17.1. The predicted molar refractivity (Wildman–Crippen MR) is 67.3 cm³/mol. The third kappa shape index (κ3) is 2.66. The van der Waals surface area contributed by atoms with Gasteiger partial charge in [0.15, 0.2) is 0 Å². The van der Waals surface area contributed by atoms with Crippen molar-refractivity contribution in [3.05, 3.63) is 12.2 Å². The van der Waals surface area contributed by atoms with Crippen molar-refractivity contribution in [2.45, 2.75) is 19.5 Å². The van der Waals surface area contributed by atoms with Gasteiger partial charge in [-0.1, -0.05) is 0 Å². The third-order valence-corrected chi connectivity index (χ3v) is 5.13. The van der Waals surface area contributed by atoms with Gasteiger partial charge in [0, 0.05) is 32.6 Å². The van der Waals surface area contributed by atoms with Crippen molar-refractivity contribution >= 4 is 21.8 Å². The molecule has 1 aliphatic rings. The molecule has 7 nitrogen and oxygen atoms in total. The first-order valence-corrected chi connectivity index (χ1v) is 7.63. The monoisotopic (exact) mass is 293 g/mol. The summed E-state index contributed by atoms with van der Waals surface area (Å²) in [5, 5.41) is 7.68. The minimum absolute atomic E-state index is 0.271. The summed E-state index contributed by atoms with van der Waals surface area (Å²) in [6, 6.07) is 0. The fraction of sp³-hybridized carbons (Fsp3) is 0.778. The van der Waals surface area contributed by atoms with Crippen LogP contribution in [0.3, 0.4) is 0 Å². The maximum Gasteiger partial charge on any atom is 0.282 e. The van der Waals surface area contributed by atoms with Crippen LogP contribution in [0.4, 0.5) is 0 Å². The average Bonchev–Trinajstić information content (AvgIpc) is 2.82. The highest BCUT2D eigenvalue weighted by Gasteiger charge is 2.30. The van der Waals surface area contributed by atoms with Gasteiger partial charge in [-0.05, 0) is 6.42 Å². The number of hydrogen-bond donors (Lipinski definition) is 0. The van der Waals surface area contributed by atoms with Crippen LogP contribution in [0.5, 0.6) is 0 Å². The van der Waals surface area contributed by atoms with Crippen molar-refractivity contribution in [3.8, 4) is 0 Å². The average molecular weight is 294 g/mol. The van der Waals surface area contributed by atoms with E-state index in [4.69, 9.17) is 11.6 Å². The molecule has 0 bridgehead atoms. The zero-order valence-corrected chi connectivity index (χ0v) is 11.7. The zero-order chi connectivity index (χ0) is 13.2. The molecule has 0 saturated carbocycles. The highest BCUT2D eigenvalue weighted by molar-refractivity contribution is 7.86. The Hall–Kier alpha value is -0.700. The van der Waals surface area contributed by atoms with Gasteiger partial charge in [-0.3, -0.25) is 0 Å². The van der Waals surface area contributed by atoms with Crippen molar-refractivity contribution < 1.29 is 8.42 Å². The van der Waals surface area contributed by atoms with Gasteiger partial charge < -0.3 is 4.57 Å². The van der Waals surface area contributed by atoms with Crippen molar-refractivity contribution in [1.82, 2.24) is 23.4 Å². The summed E-state index contributed by atoms with van der Waals surface area (Å²) in [4.78, 5) is 0. The van der Waals surface area contributed by atoms with Crippen molar-refractivity contribution in [2.75, 3.05) is 26.0 Å². The Labute approximate surface area is 112 Å². The summed E-state index contributed by atoms with van der Waals surface area (Å²) in [7, 11) is -1.86. The Morgan fingerprint density at radius 2 is 2.28 bits per heavy atom. The Morgan fingerprint density at radius 1 is 1.50 bits per heavy atom. The number of hydrogen-bond acceptors (Lipinski definition) is 4. The van der Waals surface area contributed by atoms with Gasteiger partial charge in [-0.25, -0.2) is 0 Å². The van der Waals surface area contributed by atoms with Crippen LogP contribution >= 0.6 is 11.6 Å². The number of halogens is 1. The number of rotatable bonds is 5. The Kier molecular flexibility index (Phi) is 4.21. The maximum atomic E-state index is 12.3. The van der Waals surface area contributed by atoms with E-state index in [9.17, 15) is 8.42 Å². The second kappa shape index (κ2) is 5.52. The summed E-state index contributed by atoms with van der Waals surface area (Å²) in [5.74, 6) is 1.13. The minimum Gasteiger partial charge on any atom is -0.315 e. The molecule has 0 aromatic carbocycles. The molecule has 102 valence electrons. The Balaban J connectivity index is 2.08. The molecule has 9 heteroatoms. The number of nitrogens with zero attached hydrogens (tertiary/aromatic N) is 5. The lowest BCUT2D eigenvalue weighted by molar-refractivity contribution is 0.306. The van der Waals surface area contributed by atoms with Crippen LogP contribution in [0.15, 0.2) is 6.33 Å². The molecule has 0 unspecified atom stereocenters. The first-order valence-electron chi connectivity index (χ1n) is 5.70. The van der Waals surface area contributed by atoms with E-state index in [0.29, 0.717) is 37.8 Å². The molecule has 2 rings (SSSR count). The van der Waals surface area contributed by atoms with Gasteiger partial charge in [0.2, 0.25) is 0 Å². The number of alkyl halides is 1. The van der Waals surface area contributed by atoms with E-state index in [2.05, 4.69) is 10.2 Å². The molecule has 0 spiro atoms. The first kappa shape index (κ1) is 13.7. The van der Waals surface area contributed by atoms with Crippen molar-refractivity contribution in [3.63, 3.8) is 0 Å². The molecule has 0 N–H and O–H groups in total. The Bertz CT molecular complexity index is 503. The van der Waals surface area contributed by atoms with Gasteiger partial charge >= 0.3 is 0 Å². The summed E-state index contributed by atoms with van der Waals surface area (Å²) in [5.41, 5.74) is 0. The standard InChI is InChI=1S/C9H16ClN5O2S/c1-13(4-2-3-10)18(16,17)15-6-5-14-8-11-12-9(14)7-15/h8H,2-7H2,1H3. The molecule has 0 atom stereocenters. The van der Waals surface area contributed by atoms with Crippen LogP contribution in [-0.2, 0) is 23.3 Å². The van der Waals surface area contributed by atoms with Gasteiger partial charge in [-0.15, -0.1) is 21.8 Å². The largest absolute Gasteiger partial charge is 0.315 e. The SMILES string of the molecule is CN(CCCCl)S(=O)(=O)N1CCn2cnnc2C1. The number of aromatic nitrogens is 3. The van der Waals surface area contributed by atoms with Crippen LogP contribution in [0.2, 0.25) is 0 Å². The Morgan fingerprint density at radius 3 is 3.00 bits per heavy atom. The molecule has 0 amide bonds. The second-order valence-electron chi connectivity index (χ2n) is 4.15. The zero-order valence-electron chi connectivity index (χ0n) is 10.2. The molecule has 0 saturated heterocycles. The molecule has 1 aliphatic heterocycles. The molecular formula is C9H16ClN5O2S. The van der Waals surface area contributed by atoms with E-state index in [1.807, 2.05) is 4.57 Å². The van der Waals surface area contributed by atoms with E-state index in [0.717, 1.165) is 0 Å². The molecule has 1 aromatic rings. The molecule has 0 fully saturated rings. The third-order valence-electron chi connectivity index (χ3n) is 2.93. The van der Waals surface area contributed by atoms with Gasteiger partial charge in [-0.2, -0.15) is 17.0 Å². The lowest BCUT2D eigenvalue weighted by atomic mass is 10.4. The fourth-order valence-electron chi connectivity index (χ4n) is 1.84. The lowest BCUT2D eigenvalue weighted by Crippen LogP contribution is -2.45. The quantitative estimate of drug-likeness (QED) is 0.711. The van der Waals surface area contributed by atoms with Gasteiger partial charge in [0.25, 0.3) is 10.2 Å². The molecule has 0 aliphatic carbocycles. The highest BCUT2D eigenvalue weighted by Crippen LogP contribution is 2.15. The lowest BCUT2D eigenvalue weighted by Gasteiger charge is -2.30. The molecule has 1 aromatic heterocycles. The van der Waals surface area contributed by atoms with Crippen molar-refractivity contribution in [1.29, 1.82) is 0 Å². The van der Waals surface area contributed by atoms with Gasteiger partial charge in [0.1, 0.15) is 12.2 Å². The number of fused-ring (bicyclic) bond motifs is 1. The van der Waals surface area contributed by atoms with E-state index in [1.165, 1.54) is 8.61 Å². The van der Waals surface area contributed by atoms with Crippen LogP contribution in [0.1, 0.15) is 12.2 Å². The summed E-state index contributed by atoms with van der Waals surface area (Å²) >= 11 is 5.58. The fourth-order valence-corrected chi connectivity index (χ4v) is 3.30. The molecule has 18 heavy (non-hydrogen) atoms. The van der Waals surface area contributed by atoms with Crippen molar-refractivity contribution in [2.24, 2.45) is 0 Å². The highest BCUT2D eigenvalue weighted by atomic mass is 35.5. The second-order valence-corrected chi connectivity index (χ2v) is 6.56. The maximum absolute atomic E-state index is 12.3. The minimum atomic E-state index is -3.43. The van der Waals surface area contributed by atoms with Gasteiger partial charge in [0.05, 0.1) is 6.54 Å². The summed E-state index contributed by atoms with van der Waals surface area (Å²) < 4.78 is 29.2. The summed E-state index contributed by atoms with van der Waals surface area (Å²) in [6.45, 7) is 1.73. The van der Waals surface area contributed by atoms with E-state index >= 15 is 0 Å². The van der Waals surface area contributed by atoms with E-state index < -0.39 is 10.2 Å². The topological polar surface area (TPSA) is 71.3 Å². The van der Waals surface area contributed by atoms with Crippen LogP contribution in [-0.4, -0.2) is 57.8 Å². The van der Waals surface area contributed by atoms with Crippen LogP contribution in [0, 0.1) is 0 Å². The van der Waals surface area contributed by atoms with E-state index in [-0.39, 0.29) is 6.54 Å². The molecular weight excluding hydrogens is 278 g/mol. The molecule has 0 radical (unpaired) electrons. The van der Waals surface area contributed by atoms with Crippen LogP contribution < -0.4 is 0 Å². The summed E-state index contributed by atoms with van der Waals surface area (Å²) in [6.07, 6.45) is 2.26. The van der Waals surface area contributed by atoms with Crippen LogP contribution in [0.25, 0.3) is 0 Å². The van der Waals surface area contributed by atoms with E-state index in [1.54, 1.807) is 13.4 Å².